The molecule has 4 rings (SSSR count). The largest absolute Gasteiger partial charge is 0.297 e. The van der Waals surface area contributed by atoms with Crippen LogP contribution in [0.1, 0.15) is 21.6 Å². The highest BCUT2D eigenvalue weighted by Crippen LogP contribution is 2.25. The van der Waals surface area contributed by atoms with Gasteiger partial charge >= 0.3 is 0 Å². The zero-order chi connectivity index (χ0) is 20.5. The minimum absolute atomic E-state index is 0.0611. The summed E-state index contributed by atoms with van der Waals surface area (Å²) in [5.41, 5.74) is 2.26. The Labute approximate surface area is 168 Å². The van der Waals surface area contributed by atoms with Crippen LogP contribution in [0.15, 0.2) is 42.5 Å². The van der Waals surface area contributed by atoms with Gasteiger partial charge in [-0.1, -0.05) is 23.4 Å². The van der Waals surface area contributed by atoms with Crippen molar-refractivity contribution in [1.29, 1.82) is 0 Å². The van der Waals surface area contributed by atoms with Gasteiger partial charge in [-0.2, -0.15) is 9.36 Å². The van der Waals surface area contributed by atoms with Crippen molar-refractivity contribution in [2.75, 3.05) is 5.32 Å². The van der Waals surface area contributed by atoms with Crippen molar-refractivity contribution in [2.45, 2.75) is 13.8 Å². The highest BCUT2D eigenvalue weighted by Gasteiger charge is 2.19. The van der Waals surface area contributed by atoms with E-state index in [0.717, 1.165) is 29.2 Å². The SMILES string of the molecule is Cc1ccccc1C(=O)Nc1nc(-c2nnn(-c3ccc(F)cc3F)c2C)ns1. The number of aryl methyl sites for hydroxylation is 1. The fourth-order valence-corrected chi connectivity index (χ4v) is 3.35. The molecular weight excluding hydrogens is 398 g/mol. The lowest BCUT2D eigenvalue weighted by Crippen LogP contribution is -2.13. The van der Waals surface area contributed by atoms with Gasteiger partial charge in [0, 0.05) is 23.2 Å². The van der Waals surface area contributed by atoms with Crippen molar-refractivity contribution >= 4 is 22.6 Å². The van der Waals surface area contributed by atoms with Crippen LogP contribution < -0.4 is 5.32 Å². The summed E-state index contributed by atoms with van der Waals surface area (Å²) in [6.07, 6.45) is 0. The van der Waals surface area contributed by atoms with Gasteiger partial charge in [0.25, 0.3) is 5.91 Å². The quantitative estimate of drug-likeness (QED) is 0.549. The summed E-state index contributed by atoms with van der Waals surface area (Å²) < 4.78 is 32.7. The second-order valence-electron chi connectivity index (χ2n) is 6.22. The fourth-order valence-electron chi connectivity index (χ4n) is 2.78. The zero-order valence-corrected chi connectivity index (χ0v) is 16.2. The minimum atomic E-state index is -0.762. The van der Waals surface area contributed by atoms with E-state index in [4.69, 9.17) is 0 Å². The molecule has 0 atom stereocenters. The first-order valence-electron chi connectivity index (χ1n) is 8.53. The normalized spacial score (nSPS) is 10.9. The lowest BCUT2D eigenvalue weighted by molar-refractivity contribution is 0.102. The maximum Gasteiger partial charge on any atom is 0.257 e. The monoisotopic (exact) mass is 412 g/mol. The number of carbonyl (C=O) groups is 1. The van der Waals surface area contributed by atoms with E-state index >= 15 is 0 Å². The average molecular weight is 412 g/mol. The van der Waals surface area contributed by atoms with Crippen LogP contribution in [-0.2, 0) is 0 Å². The molecule has 7 nitrogen and oxygen atoms in total. The third-order valence-corrected chi connectivity index (χ3v) is 4.91. The molecule has 4 aromatic rings. The van der Waals surface area contributed by atoms with Gasteiger partial charge in [-0.25, -0.2) is 13.5 Å². The summed E-state index contributed by atoms with van der Waals surface area (Å²) in [7, 11) is 0. The highest BCUT2D eigenvalue weighted by atomic mass is 32.1. The standard InChI is InChI=1S/C19H14F2N6OS/c1-10-5-3-4-6-13(10)18(28)23-19-22-17(25-29-19)16-11(2)27(26-24-16)15-8-7-12(20)9-14(15)21/h3-9H,1-2H3,(H,22,23,25,28). The van der Waals surface area contributed by atoms with E-state index in [-0.39, 0.29) is 17.4 Å². The van der Waals surface area contributed by atoms with Gasteiger partial charge in [0.1, 0.15) is 11.5 Å². The van der Waals surface area contributed by atoms with Crippen LogP contribution in [0.25, 0.3) is 17.2 Å². The van der Waals surface area contributed by atoms with Crippen LogP contribution in [0, 0.1) is 25.5 Å². The Balaban J connectivity index is 1.60. The van der Waals surface area contributed by atoms with E-state index < -0.39 is 11.6 Å². The van der Waals surface area contributed by atoms with E-state index in [2.05, 4.69) is 25.0 Å². The lowest BCUT2D eigenvalue weighted by Gasteiger charge is -2.04. The molecule has 0 bridgehead atoms. The second kappa shape index (κ2) is 7.47. The first-order valence-corrected chi connectivity index (χ1v) is 9.30. The topological polar surface area (TPSA) is 85.6 Å². The first kappa shape index (κ1) is 18.8. The Morgan fingerprint density at radius 3 is 2.69 bits per heavy atom. The zero-order valence-electron chi connectivity index (χ0n) is 15.3. The number of amides is 1. The summed E-state index contributed by atoms with van der Waals surface area (Å²) in [5.74, 6) is -1.48. The van der Waals surface area contributed by atoms with Crippen LogP contribution in [0.3, 0.4) is 0 Å². The molecule has 2 aromatic heterocycles. The van der Waals surface area contributed by atoms with Gasteiger partial charge < -0.3 is 0 Å². The molecule has 2 heterocycles. The number of halogens is 2. The number of carbonyl (C=O) groups excluding carboxylic acids is 1. The van der Waals surface area contributed by atoms with Crippen LogP contribution in [0.5, 0.6) is 0 Å². The highest BCUT2D eigenvalue weighted by molar-refractivity contribution is 7.10. The molecule has 0 aliphatic heterocycles. The minimum Gasteiger partial charge on any atom is -0.297 e. The molecule has 0 saturated carbocycles. The molecule has 1 amide bonds. The maximum atomic E-state index is 14.1. The Morgan fingerprint density at radius 1 is 1.14 bits per heavy atom. The number of nitrogens with one attached hydrogen (secondary N) is 1. The molecule has 29 heavy (non-hydrogen) atoms. The molecule has 1 N–H and O–H groups in total. The number of hydrogen-bond acceptors (Lipinski definition) is 6. The summed E-state index contributed by atoms with van der Waals surface area (Å²) in [6.45, 7) is 3.52. The van der Waals surface area contributed by atoms with Gasteiger partial charge in [-0.3, -0.25) is 10.1 Å². The van der Waals surface area contributed by atoms with E-state index in [1.165, 1.54) is 10.7 Å². The molecule has 146 valence electrons. The number of aromatic nitrogens is 5. The van der Waals surface area contributed by atoms with Crippen LogP contribution in [0.4, 0.5) is 13.9 Å². The van der Waals surface area contributed by atoms with E-state index in [9.17, 15) is 13.6 Å². The Bertz CT molecular complexity index is 1220. The number of rotatable bonds is 4. The van der Waals surface area contributed by atoms with Gasteiger partial charge in [0.2, 0.25) is 5.13 Å². The smallest absolute Gasteiger partial charge is 0.257 e. The summed E-state index contributed by atoms with van der Waals surface area (Å²) >= 11 is 0.998. The molecule has 2 aromatic carbocycles. The number of hydrogen-bond donors (Lipinski definition) is 1. The molecule has 0 saturated heterocycles. The van der Waals surface area contributed by atoms with Gasteiger partial charge in [-0.05, 0) is 37.6 Å². The molecule has 0 fully saturated rings. The van der Waals surface area contributed by atoms with Crippen molar-refractivity contribution in [3.8, 4) is 17.2 Å². The molecule has 0 aliphatic carbocycles. The fraction of sp³-hybridized carbons (Fsp3) is 0.105. The lowest BCUT2D eigenvalue weighted by atomic mass is 10.1. The van der Waals surface area contributed by atoms with E-state index in [1.54, 1.807) is 19.1 Å². The van der Waals surface area contributed by atoms with Gasteiger partial charge in [0.05, 0.1) is 5.69 Å². The Kier molecular flexibility index (Phi) is 4.85. The Morgan fingerprint density at radius 2 is 1.93 bits per heavy atom. The summed E-state index contributed by atoms with van der Waals surface area (Å²) in [5, 5.41) is 10.9. The van der Waals surface area contributed by atoms with Gasteiger partial charge in [-0.15, -0.1) is 5.10 Å². The second-order valence-corrected chi connectivity index (χ2v) is 6.98. The predicted molar refractivity (Wildman–Crippen MR) is 104 cm³/mol. The first-order chi connectivity index (χ1) is 13.9. The molecule has 0 unspecified atom stereocenters. The van der Waals surface area contributed by atoms with Crippen molar-refractivity contribution in [3.05, 3.63) is 70.9 Å². The number of anilines is 1. The summed E-state index contributed by atoms with van der Waals surface area (Å²) in [6, 6.07) is 10.4. The van der Waals surface area contributed by atoms with Gasteiger partial charge in [0.15, 0.2) is 17.3 Å². The van der Waals surface area contributed by atoms with Crippen molar-refractivity contribution in [1.82, 2.24) is 24.4 Å². The molecule has 0 radical (unpaired) electrons. The van der Waals surface area contributed by atoms with Crippen molar-refractivity contribution < 1.29 is 13.6 Å². The third-order valence-electron chi connectivity index (χ3n) is 4.28. The average Bonchev–Trinajstić information content (AvgIpc) is 3.29. The molecule has 0 spiro atoms. The van der Waals surface area contributed by atoms with E-state index in [1.807, 2.05) is 19.1 Å². The number of benzene rings is 2. The molecular formula is C19H14F2N6OS. The van der Waals surface area contributed by atoms with Crippen molar-refractivity contribution in [2.24, 2.45) is 0 Å². The predicted octanol–water partition coefficient (Wildman–Crippen LogP) is 3.93. The maximum absolute atomic E-state index is 14.1. The molecule has 10 heteroatoms. The van der Waals surface area contributed by atoms with E-state index in [0.29, 0.717) is 22.1 Å². The van der Waals surface area contributed by atoms with Crippen LogP contribution in [-0.4, -0.2) is 30.3 Å². The number of nitrogens with zero attached hydrogens (tertiary/aromatic N) is 5. The van der Waals surface area contributed by atoms with Crippen molar-refractivity contribution in [3.63, 3.8) is 0 Å². The molecule has 0 aliphatic rings. The van der Waals surface area contributed by atoms with Crippen LogP contribution in [0.2, 0.25) is 0 Å². The Hall–Kier alpha value is -3.53. The van der Waals surface area contributed by atoms with Crippen LogP contribution >= 0.6 is 11.5 Å². The third kappa shape index (κ3) is 3.61. The summed E-state index contributed by atoms with van der Waals surface area (Å²) in [4.78, 5) is 16.7.